The molecular weight excluding hydrogens is 381 g/mol. The van der Waals surface area contributed by atoms with Gasteiger partial charge in [-0.15, -0.1) is 23.7 Å². The highest BCUT2D eigenvalue weighted by Crippen LogP contribution is 2.33. The number of amides is 1. The number of nitrogens with one attached hydrogen (secondary N) is 1. The Kier molecular flexibility index (Phi) is 6.94. The van der Waals surface area contributed by atoms with Gasteiger partial charge < -0.3 is 20.5 Å². The molecule has 0 atom stereocenters. The van der Waals surface area contributed by atoms with Crippen molar-refractivity contribution in [1.29, 1.82) is 0 Å². The summed E-state index contributed by atoms with van der Waals surface area (Å²) in [4.78, 5) is 17.0. The van der Waals surface area contributed by atoms with E-state index in [1.165, 1.54) is 24.5 Å². The normalized spacial score (nSPS) is 15.8. The third-order valence-corrected chi connectivity index (χ3v) is 5.25. The van der Waals surface area contributed by atoms with Crippen molar-refractivity contribution >= 4 is 34.8 Å². The number of hydrogen-bond acceptors (Lipinski definition) is 6. The number of carbonyl (C=O) groups excluding carboxylic acids is 1. The number of methoxy groups -OCH3 is 1. The molecule has 1 amide bonds. The van der Waals surface area contributed by atoms with Gasteiger partial charge in [0.2, 0.25) is 5.91 Å². The van der Waals surface area contributed by atoms with E-state index in [9.17, 15) is 9.18 Å². The molecule has 0 spiro atoms. The molecule has 3 N–H and O–H groups in total. The van der Waals surface area contributed by atoms with Gasteiger partial charge in [-0.05, 0) is 31.0 Å². The first-order chi connectivity index (χ1) is 12.1. The average Bonchev–Trinajstić information content (AvgIpc) is 3.10. The van der Waals surface area contributed by atoms with Crippen molar-refractivity contribution in [2.75, 3.05) is 32.2 Å². The Bertz CT molecular complexity index is 765. The van der Waals surface area contributed by atoms with Gasteiger partial charge in [0.1, 0.15) is 0 Å². The number of rotatable bonds is 5. The summed E-state index contributed by atoms with van der Waals surface area (Å²) < 4.78 is 24.1. The van der Waals surface area contributed by atoms with E-state index in [0.717, 1.165) is 0 Å². The molecule has 1 aliphatic rings. The number of anilines is 1. The highest BCUT2D eigenvalue weighted by atomic mass is 35.5. The van der Waals surface area contributed by atoms with E-state index < -0.39 is 11.2 Å². The van der Waals surface area contributed by atoms with Gasteiger partial charge in [0.15, 0.2) is 16.7 Å². The number of benzene rings is 1. The van der Waals surface area contributed by atoms with Gasteiger partial charge in [0, 0.05) is 30.7 Å². The van der Waals surface area contributed by atoms with E-state index in [4.69, 9.17) is 15.2 Å². The van der Waals surface area contributed by atoms with Crippen LogP contribution in [0.5, 0.6) is 5.75 Å². The molecule has 2 aromatic rings. The van der Waals surface area contributed by atoms with E-state index >= 15 is 0 Å². The van der Waals surface area contributed by atoms with Crippen LogP contribution in [-0.4, -0.2) is 37.8 Å². The molecule has 1 aliphatic heterocycles. The van der Waals surface area contributed by atoms with Crippen molar-refractivity contribution in [3.63, 3.8) is 0 Å². The topological polar surface area (TPSA) is 86.5 Å². The van der Waals surface area contributed by atoms with Crippen LogP contribution in [0.4, 0.5) is 9.52 Å². The summed E-state index contributed by atoms with van der Waals surface area (Å²) in [6.07, 6.45) is 1.19. The molecular formula is C17H21ClFN3O3S. The lowest BCUT2D eigenvalue weighted by Crippen LogP contribution is -2.46. The molecule has 142 valence electrons. The highest BCUT2D eigenvalue weighted by Gasteiger charge is 2.39. The minimum Gasteiger partial charge on any atom is -0.494 e. The second-order valence-corrected chi connectivity index (χ2v) is 6.80. The first-order valence-corrected chi connectivity index (χ1v) is 8.85. The van der Waals surface area contributed by atoms with E-state index in [-0.39, 0.29) is 30.6 Å². The molecule has 0 aliphatic carbocycles. The van der Waals surface area contributed by atoms with Crippen LogP contribution in [0.25, 0.3) is 11.3 Å². The van der Waals surface area contributed by atoms with Crippen LogP contribution in [0.3, 0.4) is 0 Å². The van der Waals surface area contributed by atoms with Crippen molar-refractivity contribution in [2.45, 2.75) is 12.8 Å². The Morgan fingerprint density at radius 2 is 2.19 bits per heavy atom. The first-order valence-electron chi connectivity index (χ1n) is 7.97. The predicted molar refractivity (Wildman–Crippen MR) is 101 cm³/mol. The molecule has 1 aromatic heterocycles. The molecule has 1 aromatic carbocycles. The van der Waals surface area contributed by atoms with Crippen LogP contribution in [-0.2, 0) is 9.53 Å². The number of nitrogens with two attached hydrogens (primary N) is 1. The third kappa shape index (κ3) is 4.15. The standard InChI is InChI=1S/C17H20FN3O3S.ClH/c1-23-14-3-2-11(8-12(14)18)13-9-25-16(20-13)21-15(22)17(10-19)4-6-24-7-5-17;/h2-3,8-9H,4-7,10,19H2,1H3,(H,20,21,22);1H. The van der Waals surface area contributed by atoms with E-state index in [0.29, 0.717) is 42.4 Å². The fourth-order valence-electron chi connectivity index (χ4n) is 2.81. The van der Waals surface area contributed by atoms with Crippen molar-refractivity contribution in [2.24, 2.45) is 11.1 Å². The predicted octanol–water partition coefficient (Wildman–Crippen LogP) is 3.07. The van der Waals surface area contributed by atoms with Gasteiger partial charge in [0.05, 0.1) is 18.2 Å². The monoisotopic (exact) mass is 401 g/mol. The summed E-state index contributed by atoms with van der Waals surface area (Å²) in [6, 6.07) is 4.63. The maximum absolute atomic E-state index is 13.8. The van der Waals surface area contributed by atoms with Crippen molar-refractivity contribution in [1.82, 2.24) is 4.98 Å². The quantitative estimate of drug-likeness (QED) is 0.804. The van der Waals surface area contributed by atoms with Crippen LogP contribution in [0, 0.1) is 11.2 Å². The smallest absolute Gasteiger partial charge is 0.233 e. The van der Waals surface area contributed by atoms with Crippen molar-refractivity contribution in [3.8, 4) is 17.0 Å². The number of thiazole rings is 1. The maximum atomic E-state index is 13.8. The van der Waals surface area contributed by atoms with E-state index in [1.807, 2.05) is 0 Å². The van der Waals surface area contributed by atoms with E-state index in [2.05, 4.69) is 10.3 Å². The molecule has 0 radical (unpaired) electrons. The van der Waals surface area contributed by atoms with Gasteiger partial charge in [-0.25, -0.2) is 9.37 Å². The number of nitrogens with zero attached hydrogens (tertiary/aromatic N) is 1. The Labute approximate surface area is 161 Å². The summed E-state index contributed by atoms with van der Waals surface area (Å²) in [5, 5.41) is 5.09. The minimum absolute atomic E-state index is 0. The molecule has 0 saturated carbocycles. The van der Waals surface area contributed by atoms with Crippen LogP contribution < -0.4 is 15.8 Å². The SMILES string of the molecule is COc1ccc(-c2csc(NC(=O)C3(CN)CCOCC3)n2)cc1F.Cl. The van der Waals surface area contributed by atoms with Gasteiger partial charge in [-0.2, -0.15) is 0 Å². The number of aromatic nitrogens is 1. The second kappa shape index (κ2) is 8.77. The molecule has 3 rings (SSSR count). The van der Waals surface area contributed by atoms with Crippen molar-refractivity contribution in [3.05, 3.63) is 29.4 Å². The van der Waals surface area contributed by atoms with Crippen LogP contribution in [0.15, 0.2) is 23.6 Å². The number of carbonyl (C=O) groups is 1. The van der Waals surface area contributed by atoms with Gasteiger partial charge in [-0.1, -0.05) is 0 Å². The molecule has 0 bridgehead atoms. The van der Waals surface area contributed by atoms with Crippen LogP contribution in [0.1, 0.15) is 12.8 Å². The number of halogens is 2. The molecule has 6 nitrogen and oxygen atoms in total. The minimum atomic E-state index is -0.615. The lowest BCUT2D eigenvalue weighted by molar-refractivity contribution is -0.130. The zero-order valence-electron chi connectivity index (χ0n) is 14.3. The maximum Gasteiger partial charge on any atom is 0.233 e. The Morgan fingerprint density at radius 1 is 1.46 bits per heavy atom. The summed E-state index contributed by atoms with van der Waals surface area (Å²) in [6.45, 7) is 1.32. The summed E-state index contributed by atoms with van der Waals surface area (Å²) in [7, 11) is 1.41. The summed E-state index contributed by atoms with van der Waals surface area (Å²) in [5.74, 6) is -0.417. The van der Waals surface area contributed by atoms with Crippen molar-refractivity contribution < 1.29 is 18.7 Å². The molecule has 1 saturated heterocycles. The van der Waals surface area contributed by atoms with Crippen LogP contribution >= 0.6 is 23.7 Å². The molecule has 26 heavy (non-hydrogen) atoms. The zero-order valence-corrected chi connectivity index (χ0v) is 15.9. The zero-order chi connectivity index (χ0) is 17.9. The third-order valence-electron chi connectivity index (χ3n) is 4.49. The fraction of sp³-hybridized carbons (Fsp3) is 0.412. The van der Waals surface area contributed by atoms with E-state index in [1.54, 1.807) is 17.5 Å². The molecule has 2 heterocycles. The van der Waals surface area contributed by atoms with Crippen LogP contribution in [0.2, 0.25) is 0 Å². The largest absolute Gasteiger partial charge is 0.494 e. The van der Waals surface area contributed by atoms with Gasteiger partial charge >= 0.3 is 0 Å². The molecule has 0 unspecified atom stereocenters. The lowest BCUT2D eigenvalue weighted by atomic mass is 9.79. The van der Waals surface area contributed by atoms with Gasteiger partial charge in [-0.3, -0.25) is 4.79 Å². The Morgan fingerprint density at radius 3 is 2.81 bits per heavy atom. The highest BCUT2D eigenvalue weighted by molar-refractivity contribution is 7.14. The molecule has 9 heteroatoms. The molecule has 1 fully saturated rings. The van der Waals surface area contributed by atoms with Gasteiger partial charge in [0.25, 0.3) is 0 Å². The number of ether oxygens (including phenoxy) is 2. The Hall–Kier alpha value is -1.74. The summed E-state index contributed by atoms with van der Waals surface area (Å²) >= 11 is 1.29. The number of hydrogen-bond donors (Lipinski definition) is 2. The average molecular weight is 402 g/mol. The first kappa shape index (κ1) is 20.6. The second-order valence-electron chi connectivity index (χ2n) is 5.94. The summed E-state index contributed by atoms with van der Waals surface area (Å²) in [5.41, 5.74) is 6.44. The Balaban J connectivity index is 0.00000243. The lowest BCUT2D eigenvalue weighted by Gasteiger charge is -2.34. The fourth-order valence-corrected chi connectivity index (χ4v) is 3.52.